The number of halogens is 1. The molecule has 0 aliphatic carbocycles. The molecule has 1 aromatic carbocycles. The summed E-state index contributed by atoms with van der Waals surface area (Å²) in [6.07, 6.45) is 1.75. The maximum atomic E-state index is 12.1. The van der Waals surface area contributed by atoms with Gasteiger partial charge in [-0.25, -0.2) is 9.48 Å². The molecule has 0 atom stereocenters. The van der Waals surface area contributed by atoms with Gasteiger partial charge in [0.15, 0.2) is 0 Å². The lowest BCUT2D eigenvalue weighted by molar-refractivity contribution is 0.0486. The molecule has 0 aliphatic heterocycles. The Balaban J connectivity index is 2.29. The summed E-state index contributed by atoms with van der Waals surface area (Å²) in [6, 6.07) is 10.8. The van der Waals surface area contributed by atoms with Gasteiger partial charge in [-0.3, -0.25) is 0 Å². The number of ether oxygens (including phenoxy) is 1. The average molecular weight is 318 g/mol. The van der Waals surface area contributed by atoms with Crippen LogP contribution in [0.2, 0.25) is 5.02 Å². The Hall–Kier alpha value is -2.32. The number of carbonyl (C=O) groups excluding carboxylic acids is 1. The molecule has 1 aromatic heterocycles. The van der Waals surface area contributed by atoms with Crippen molar-refractivity contribution in [2.24, 2.45) is 0 Å². The SMILES string of the molecule is CCCCOC(=O)c1cc(-c2cccc(Cl)c2)nn1CC#N. The zero-order valence-electron chi connectivity index (χ0n) is 12.3. The van der Waals surface area contributed by atoms with Gasteiger partial charge < -0.3 is 4.74 Å². The maximum Gasteiger partial charge on any atom is 0.356 e. The molecule has 2 aromatic rings. The van der Waals surface area contributed by atoms with Gasteiger partial charge in [-0.05, 0) is 24.6 Å². The molecule has 0 unspecified atom stereocenters. The monoisotopic (exact) mass is 317 g/mol. The summed E-state index contributed by atoms with van der Waals surface area (Å²) in [7, 11) is 0. The summed E-state index contributed by atoms with van der Waals surface area (Å²) in [5.41, 5.74) is 1.64. The van der Waals surface area contributed by atoms with Crippen molar-refractivity contribution in [3.8, 4) is 17.3 Å². The van der Waals surface area contributed by atoms with Crippen LogP contribution in [0.3, 0.4) is 0 Å². The fourth-order valence-corrected chi connectivity index (χ4v) is 2.13. The number of hydrogen-bond acceptors (Lipinski definition) is 4. The first-order valence-corrected chi connectivity index (χ1v) is 7.41. The van der Waals surface area contributed by atoms with Crippen LogP contribution >= 0.6 is 11.6 Å². The van der Waals surface area contributed by atoms with Gasteiger partial charge in [0, 0.05) is 10.6 Å². The van der Waals surface area contributed by atoms with Gasteiger partial charge in [0.05, 0.1) is 18.4 Å². The molecule has 0 spiro atoms. The molecular weight excluding hydrogens is 302 g/mol. The first kappa shape index (κ1) is 16.1. The van der Waals surface area contributed by atoms with Gasteiger partial charge in [-0.1, -0.05) is 37.1 Å². The van der Waals surface area contributed by atoms with E-state index in [0.29, 0.717) is 17.3 Å². The van der Waals surface area contributed by atoms with E-state index in [2.05, 4.69) is 5.10 Å². The lowest BCUT2D eigenvalue weighted by atomic mass is 10.1. The minimum Gasteiger partial charge on any atom is -0.461 e. The fourth-order valence-electron chi connectivity index (χ4n) is 1.94. The van der Waals surface area contributed by atoms with Crippen molar-refractivity contribution in [3.63, 3.8) is 0 Å². The smallest absolute Gasteiger partial charge is 0.356 e. The number of unbranched alkanes of at least 4 members (excludes halogenated alkanes) is 1. The van der Waals surface area contributed by atoms with Crippen LogP contribution < -0.4 is 0 Å². The Morgan fingerprint density at radius 1 is 1.45 bits per heavy atom. The Bertz CT molecular complexity index is 704. The Labute approximate surface area is 134 Å². The second-order valence-corrected chi connectivity index (χ2v) is 5.17. The lowest BCUT2D eigenvalue weighted by Crippen LogP contribution is -2.13. The zero-order chi connectivity index (χ0) is 15.9. The van der Waals surface area contributed by atoms with E-state index in [0.717, 1.165) is 18.4 Å². The van der Waals surface area contributed by atoms with E-state index in [1.165, 1.54) is 4.68 Å². The maximum absolute atomic E-state index is 12.1. The highest BCUT2D eigenvalue weighted by atomic mass is 35.5. The standard InChI is InChI=1S/C16H16ClN3O2/c1-2-3-9-22-16(21)15-11-14(19-20(15)8-7-18)12-5-4-6-13(17)10-12/h4-6,10-11H,2-3,8-9H2,1H3. The van der Waals surface area contributed by atoms with E-state index in [-0.39, 0.29) is 12.2 Å². The molecule has 2 rings (SSSR count). The Morgan fingerprint density at radius 2 is 2.27 bits per heavy atom. The molecule has 0 saturated heterocycles. The summed E-state index contributed by atoms with van der Waals surface area (Å²) in [6.45, 7) is 2.36. The number of rotatable bonds is 6. The van der Waals surface area contributed by atoms with Gasteiger partial charge in [0.1, 0.15) is 12.2 Å². The van der Waals surface area contributed by atoms with Gasteiger partial charge in [-0.2, -0.15) is 10.4 Å². The molecule has 0 N–H and O–H groups in total. The highest BCUT2D eigenvalue weighted by Gasteiger charge is 2.17. The minimum absolute atomic E-state index is 0.0151. The topological polar surface area (TPSA) is 67.9 Å². The van der Waals surface area contributed by atoms with Crippen LogP contribution in [0, 0.1) is 11.3 Å². The minimum atomic E-state index is -0.468. The number of carbonyl (C=O) groups is 1. The highest BCUT2D eigenvalue weighted by molar-refractivity contribution is 6.30. The van der Waals surface area contributed by atoms with E-state index >= 15 is 0 Å². The predicted molar refractivity (Wildman–Crippen MR) is 83.5 cm³/mol. The fraction of sp³-hybridized carbons (Fsp3) is 0.312. The second kappa shape index (κ2) is 7.62. The molecule has 114 valence electrons. The van der Waals surface area contributed by atoms with Crippen molar-refractivity contribution in [2.75, 3.05) is 6.61 Å². The van der Waals surface area contributed by atoms with Crippen molar-refractivity contribution in [2.45, 2.75) is 26.3 Å². The number of esters is 1. The van der Waals surface area contributed by atoms with Crippen LogP contribution in [0.15, 0.2) is 30.3 Å². The molecular formula is C16H16ClN3O2. The molecule has 0 saturated carbocycles. The number of nitriles is 1. The third-order valence-electron chi connectivity index (χ3n) is 3.06. The van der Waals surface area contributed by atoms with E-state index in [1.54, 1.807) is 24.3 Å². The van der Waals surface area contributed by atoms with Crippen molar-refractivity contribution in [1.82, 2.24) is 9.78 Å². The van der Waals surface area contributed by atoms with Crippen LogP contribution in [-0.4, -0.2) is 22.4 Å². The second-order valence-electron chi connectivity index (χ2n) is 4.73. The summed E-state index contributed by atoms with van der Waals surface area (Å²) in [5.74, 6) is -0.468. The van der Waals surface area contributed by atoms with E-state index in [1.807, 2.05) is 19.1 Å². The molecule has 22 heavy (non-hydrogen) atoms. The van der Waals surface area contributed by atoms with E-state index in [9.17, 15) is 4.79 Å². The summed E-state index contributed by atoms with van der Waals surface area (Å²) < 4.78 is 6.54. The Morgan fingerprint density at radius 3 is 2.95 bits per heavy atom. The predicted octanol–water partition coefficient (Wildman–Crippen LogP) is 3.68. The van der Waals surface area contributed by atoms with Crippen LogP contribution in [-0.2, 0) is 11.3 Å². The molecule has 0 amide bonds. The molecule has 1 heterocycles. The quantitative estimate of drug-likeness (QED) is 0.602. The van der Waals surface area contributed by atoms with Crippen LogP contribution in [0.4, 0.5) is 0 Å². The van der Waals surface area contributed by atoms with E-state index in [4.69, 9.17) is 21.6 Å². The molecule has 0 bridgehead atoms. The summed E-state index contributed by atoms with van der Waals surface area (Å²) in [4.78, 5) is 12.1. The first-order chi connectivity index (χ1) is 10.7. The van der Waals surface area contributed by atoms with Crippen molar-refractivity contribution in [3.05, 3.63) is 41.0 Å². The molecule has 6 heteroatoms. The molecule has 5 nitrogen and oxygen atoms in total. The molecule has 0 fully saturated rings. The van der Waals surface area contributed by atoms with Gasteiger partial charge in [-0.15, -0.1) is 0 Å². The van der Waals surface area contributed by atoms with Crippen molar-refractivity contribution < 1.29 is 9.53 Å². The number of nitrogens with zero attached hydrogens (tertiary/aromatic N) is 3. The van der Waals surface area contributed by atoms with Gasteiger partial charge >= 0.3 is 5.97 Å². The highest BCUT2D eigenvalue weighted by Crippen LogP contribution is 2.23. The Kier molecular flexibility index (Phi) is 5.56. The van der Waals surface area contributed by atoms with Crippen LogP contribution in [0.1, 0.15) is 30.3 Å². The number of aromatic nitrogens is 2. The first-order valence-electron chi connectivity index (χ1n) is 7.03. The third-order valence-corrected chi connectivity index (χ3v) is 3.30. The largest absolute Gasteiger partial charge is 0.461 e. The normalized spacial score (nSPS) is 10.2. The third kappa shape index (κ3) is 3.86. The number of benzene rings is 1. The van der Waals surface area contributed by atoms with Crippen LogP contribution in [0.25, 0.3) is 11.3 Å². The van der Waals surface area contributed by atoms with Gasteiger partial charge in [0.2, 0.25) is 0 Å². The van der Waals surface area contributed by atoms with Crippen molar-refractivity contribution in [1.29, 1.82) is 5.26 Å². The average Bonchev–Trinajstić information content (AvgIpc) is 2.92. The number of hydrogen-bond donors (Lipinski definition) is 0. The zero-order valence-corrected chi connectivity index (χ0v) is 13.0. The summed E-state index contributed by atoms with van der Waals surface area (Å²) >= 11 is 5.97. The molecule has 0 radical (unpaired) electrons. The lowest BCUT2D eigenvalue weighted by Gasteiger charge is -2.04. The van der Waals surface area contributed by atoms with Gasteiger partial charge in [0.25, 0.3) is 0 Å². The molecule has 0 aliphatic rings. The van der Waals surface area contributed by atoms with Crippen molar-refractivity contribution >= 4 is 17.6 Å². The summed E-state index contributed by atoms with van der Waals surface area (Å²) in [5, 5.41) is 13.8. The van der Waals surface area contributed by atoms with E-state index < -0.39 is 5.97 Å². The van der Waals surface area contributed by atoms with Crippen LogP contribution in [0.5, 0.6) is 0 Å².